The van der Waals surface area contributed by atoms with Crippen molar-refractivity contribution in [1.82, 2.24) is 0 Å². The van der Waals surface area contributed by atoms with Gasteiger partial charge in [-0.1, -0.05) is 44.0 Å². The molecule has 4 N–H and O–H groups in total. The van der Waals surface area contributed by atoms with Gasteiger partial charge in [0.2, 0.25) is 5.91 Å². The van der Waals surface area contributed by atoms with E-state index >= 15 is 0 Å². The third-order valence-corrected chi connectivity index (χ3v) is 6.66. The van der Waals surface area contributed by atoms with Crippen LogP contribution in [0.15, 0.2) is 24.3 Å². The molecule has 1 aliphatic carbocycles. The first-order valence-electron chi connectivity index (χ1n) is 9.89. The zero-order valence-electron chi connectivity index (χ0n) is 16.7. The third-order valence-electron chi connectivity index (χ3n) is 5.64. The Hall–Kier alpha value is -2.67. The van der Waals surface area contributed by atoms with Gasteiger partial charge >= 0.3 is 5.97 Å². The molecule has 1 aromatic heterocycles. The molecular formula is C22H26N2O4S. The molecule has 6 nitrogen and oxygen atoms in total. The van der Waals surface area contributed by atoms with Gasteiger partial charge in [-0.2, -0.15) is 0 Å². The number of nitrogens with one attached hydrogen (secondary N) is 1. The Morgan fingerprint density at radius 2 is 1.76 bits per heavy atom. The van der Waals surface area contributed by atoms with Crippen molar-refractivity contribution >= 4 is 34.1 Å². The number of amides is 2. The maximum Gasteiger partial charge on any atom is 0.307 e. The quantitative estimate of drug-likeness (QED) is 0.657. The lowest BCUT2D eigenvalue weighted by Gasteiger charge is -2.27. The lowest BCUT2D eigenvalue weighted by molar-refractivity contribution is -0.147. The van der Waals surface area contributed by atoms with Gasteiger partial charge in [-0.3, -0.25) is 14.4 Å². The number of thiophene rings is 1. The van der Waals surface area contributed by atoms with E-state index in [2.05, 4.69) is 12.2 Å². The lowest BCUT2D eigenvalue weighted by Crippen LogP contribution is -2.36. The highest BCUT2D eigenvalue weighted by molar-refractivity contribution is 7.17. The third kappa shape index (κ3) is 4.34. The summed E-state index contributed by atoms with van der Waals surface area (Å²) in [4.78, 5) is 37.6. The minimum atomic E-state index is -0.945. The Kier molecular flexibility index (Phi) is 6.37. The minimum absolute atomic E-state index is 0.285. The van der Waals surface area contributed by atoms with E-state index in [0.717, 1.165) is 35.3 Å². The number of aryl methyl sites for hydroxylation is 2. The van der Waals surface area contributed by atoms with Gasteiger partial charge in [-0.15, -0.1) is 11.3 Å². The van der Waals surface area contributed by atoms with Crippen LogP contribution in [0.25, 0.3) is 11.1 Å². The number of carboxylic acids is 1. The van der Waals surface area contributed by atoms with E-state index in [1.807, 2.05) is 31.2 Å². The molecular weight excluding hydrogens is 388 g/mol. The Balaban J connectivity index is 1.94. The smallest absolute Gasteiger partial charge is 0.307 e. The number of carbonyl (C=O) groups excluding carboxylic acids is 2. The normalized spacial score (nSPS) is 19.0. The van der Waals surface area contributed by atoms with E-state index in [-0.39, 0.29) is 11.5 Å². The highest BCUT2D eigenvalue weighted by Crippen LogP contribution is 2.41. The van der Waals surface area contributed by atoms with Crippen LogP contribution < -0.4 is 11.1 Å². The van der Waals surface area contributed by atoms with Gasteiger partial charge < -0.3 is 16.2 Å². The fraction of sp³-hybridized carbons (Fsp3) is 0.409. The van der Waals surface area contributed by atoms with Crippen LogP contribution in [0.3, 0.4) is 0 Å². The first-order valence-corrected chi connectivity index (χ1v) is 10.7. The van der Waals surface area contributed by atoms with E-state index in [0.29, 0.717) is 17.8 Å². The molecule has 0 radical (unpaired) electrons. The molecule has 3 rings (SSSR count). The van der Waals surface area contributed by atoms with Gasteiger partial charge in [-0.25, -0.2) is 0 Å². The largest absolute Gasteiger partial charge is 0.481 e. The molecule has 1 heterocycles. The number of carbonyl (C=O) groups is 3. The zero-order chi connectivity index (χ0) is 21.1. The molecule has 0 spiro atoms. The van der Waals surface area contributed by atoms with E-state index in [1.54, 1.807) is 0 Å². The van der Waals surface area contributed by atoms with Crippen LogP contribution in [-0.4, -0.2) is 22.9 Å². The Morgan fingerprint density at radius 3 is 2.31 bits per heavy atom. The van der Waals surface area contributed by atoms with Crippen molar-refractivity contribution in [3.63, 3.8) is 0 Å². The summed E-state index contributed by atoms with van der Waals surface area (Å²) in [6, 6.07) is 7.92. The van der Waals surface area contributed by atoms with Crippen molar-refractivity contribution in [3.8, 4) is 11.1 Å². The van der Waals surface area contributed by atoms with Crippen LogP contribution in [0.4, 0.5) is 5.00 Å². The van der Waals surface area contributed by atoms with Crippen molar-refractivity contribution in [2.45, 2.75) is 46.0 Å². The van der Waals surface area contributed by atoms with E-state index in [1.165, 1.54) is 16.9 Å². The number of primary amides is 1. The number of hydrogen-bond donors (Lipinski definition) is 3. The monoisotopic (exact) mass is 414 g/mol. The summed E-state index contributed by atoms with van der Waals surface area (Å²) < 4.78 is 0. The zero-order valence-corrected chi connectivity index (χ0v) is 17.5. The molecule has 1 saturated carbocycles. The number of aliphatic carboxylic acids is 1. The van der Waals surface area contributed by atoms with Crippen molar-refractivity contribution in [1.29, 1.82) is 0 Å². The lowest BCUT2D eigenvalue weighted by atomic mass is 9.78. The number of carboxylic acid groups (broad SMARTS) is 1. The molecule has 1 aromatic carbocycles. The van der Waals surface area contributed by atoms with Gasteiger partial charge in [0.05, 0.1) is 17.4 Å². The standard InChI is InChI=1S/C22H26N2O4S/c1-3-13-8-10-14(11-9-13)17-12(2)29-21(18(17)19(23)25)24-20(26)15-6-4-5-7-16(15)22(27)28/h8-11,15-16H,3-7H2,1-2H3,(H2,23,25)(H,24,26)(H,27,28)/t15-,16-/m1/s1. The summed E-state index contributed by atoms with van der Waals surface area (Å²) >= 11 is 1.30. The van der Waals surface area contributed by atoms with Crippen molar-refractivity contribution in [2.24, 2.45) is 17.6 Å². The van der Waals surface area contributed by atoms with E-state index < -0.39 is 23.7 Å². The average Bonchev–Trinajstić information content (AvgIpc) is 3.03. The maximum absolute atomic E-state index is 12.9. The summed E-state index contributed by atoms with van der Waals surface area (Å²) in [7, 11) is 0. The maximum atomic E-state index is 12.9. The second kappa shape index (κ2) is 8.78. The number of rotatable bonds is 6. The molecule has 0 saturated heterocycles. The predicted octanol–water partition coefficient (Wildman–Crippen LogP) is 4.21. The second-order valence-electron chi connectivity index (χ2n) is 7.48. The van der Waals surface area contributed by atoms with Crippen LogP contribution >= 0.6 is 11.3 Å². The predicted molar refractivity (Wildman–Crippen MR) is 114 cm³/mol. The van der Waals surface area contributed by atoms with Gasteiger partial charge in [0.25, 0.3) is 5.91 Å². The topological polar surface area (TPSA) is 109 Å². The Labute approximate surface area is 174 Å². The van der Waals surface area contributed by atoms with Gasteiger partial charge in [-0.05, 0) is 37.3 Å². The summed E-state index contributed by atoms with van der Waals surface area (Å²) in [5.41, 5.74) is 8.74. The molecule has 29 heavy (non-hydrogen) atoms. The van der Waals surface area contributed by atoms with Gasteiger partial charge in [0, 0.05) is 10.4 Å². The SMILES string of the molecule is CCc1ccc(-c2c(C)sc(NC(=O)[C@@H]3CCCC[C@H]3C(=O)O)c2C(N)=O)cc1. The second-order valence-corrected chi connectivity index (χ2v) is 8.70. The molecule has 1 aliphatic rings. The fourth-order valence-corrected chi connectivity index (χ4v) is 5.15. The molecule has 0 bridgehead atoms. The molecule has 2 atom stereocenters. The summed E-state index contributed by atoms with van der Waals surface area (Å²) in [5.74, 6) is -3.20. The van der Waals surface area contributed by atoms with E-state index in [9.17, 15) is 19.5 Å². The van der Waals surface area contributed by atoms with E-state index in [4.69, 9.17) is 5.73 Å². The van der Waals surface area contributed by atoms with Gasteiger partial charge in [0.1, 0.15) is 5.00 Å². The number of hydrogen-bond acceptors (Lipinski definition) is 4. The summed E-state index contributed by atoms with van der Waals surface area (Å²) in [6.45, 7) is 3.96. The molecule has 7 heteroatoms. The van der Waals surface area contributed by atoms with Gasteiger partial charge in [0.15, 0.2) is 0 Å². The number of nitrogens with two attached hydrogens (primary N) is 1. The molecule has 0 aliphatic heterocycles. The molecule has 0 unspecified atom stereocenters. The fourth-order valence-electron chi connectivity index (χ4n) is 4.07. The summed E-state index contributed by atoms with van der Waals surface area (Å²) in [5, 5.41) is 12.7. The van der Waals surface area contributed by atoms with Crippen LogP contribution in [-0.2, 0) is 16.0 Å². The highest BCUT2D eigenvalue weighted by atomic mass is 32.1. The van der Waals surface area contributed by atoms with Crippen LogP contribution in [0.1, 0.15) is 53.4 Å². The highest BCUT2D eigenvalue weighted by Gasteiger charge is 2.36. The first-order chi connectivity index (χ1) is 13.8. The molecule has 1 fully saturated rings. The first kappa shape index (κ1) is 21.0. The molecule has 2 aromatic rings. The van der Waals surface area contributed by atoms with Crippen LogP contribution in [0.2, 0.25) is 0 Å². The van der Waals surface area contributed by atoms with Crippen LogP contribution in [0, 0.1) is 18.8 Å². The molecule has 154 valence electrons. The minimum Gasteiger partial charge on any atom is -0.481 e. The number of benzene rings is 1. The Bertz CT molecular complexity index is 933. The molecule has 2 amide bonds. The number of anilines is 1. The van der Waals surface area contributed by atoms with Crippen LogP contribution in [0.5, 0.6) is 0 Å². The van der Waals surface area contributed by atoms with Crippen molar-refractivity contribution in [2.75, 3.05) is 5.32 Å². The van der Waals surface area contributed by atoms with Crippen molar-refractivity contribution < 1.29 is 19.5 Å². The Morgan fingerprint density at radius 1 is 1.14 bits per heavy atom. The average molecular weight is 415 g/mol. The van der Waals surface area contributed by atoms with Crippen molar-refractivity contribution in [3.05, 3.63) is 40.3 Å². The summed E-state index contributed by atoms with van der Waals surface area (Å²) in [6.07, 6.45) is 3.57.